The highest BCUT2D eigenvalue weighted by Crippen LogP contribution is 2.26. The van der Waals surface area contributed by atoms with Gasteiger partial charge in [0.2, 0.25) is 0 Å². The third-order valence-electron chi connectivity index (χ3n) is 3.45. The van der Waals surface area contributed by atoms with Crippen molar-refractivity contribution in [2.24, 2.45) is 5.92 Å². The van der Waals surface area contributed by atoms with Crippen molar-refractivity contribution in [1.82, 2.24) is 5.32 Å². The normalized spacial score (nSPS) is 28.7. The molecular weight excluding hydrogens is 174 g/mol. The van der Waals surface area contributed by atoms with Crippen LogP contribution >= 0.6 is 0 Å². The van der Waals surface area contributed by atoms with Gasteiger partial charge in [0, 0.05) is 19.8 Å². The van der Waals surface area contributed by atoms with Gasteiger partial charge in [0.1, 0.15) is 0 Å². The smallest absolute Gasteiger partial charge is 0.0462 e. The largest absolute Gasteiger partial charge is 0.385 e. The molecule has 0 bridgehead atoms. The summed E-state index contributed by atoms with van der Waals surface area (Å²) in [5, 5.41) is 3.48. The van der Waals surface area contributed by atoms with E-state index in [4.69, 9.17) is 4.74 Å². The summed E-state index contributed by atoms with van der Waals surface area (Å²) in [6.07, 6.45) is 9.60. The molecule has 14 heavy (non-hydrogen) atoms. The van der Waals surface area contributed by atoms with Crippen molar-refractivity contribution in [2.45, 2.75) is 51.0 Å². The Balaban J connectivity index is 2.28. The molecule has 2 atom stereocenters. The fourth-order valence-electron chi connectivity index (χ4n) is 2.60. The molecular formula is C12H25NO. The van der Waals surface area contributed by atoms with E-state index in [1.807, 2.05) is 0 Å². The van der Waals surface area contributed by atoms with Crippen LogP contribution in [0, 0.1) is 5.92 Å². The lowest BCUT2D eigenvalue weighted by Gasteiger charge is -2.24. The first-order valence-corrected chi connectivity index (χ1v) is 6.04. The van der Waals surface area contributed by atoms with Gasteiger partial charge < -0.3 is 10.1 Å². The number of rotatable bonds is 5. The van der Waals surface area contributed by atoms with Crippen LogP contribution in [0.1, 0.15) is 44.9 Å². The maximum atomic E-state index is 5.11. The maximum Gasteiger partial charge on any atom is 0.0462 e. The molecule has 0 radical (unpaired) electrons. The highest BCUT2D eigenvalue weighted by Gasteiger charge is 2.21. The van der Waals surface area contributed by atoms with Gasteiger partial charge in [-0.25, -0.2) is 0 Å². The molecule has 1 fully saturated rings. The van der Waals surface area contributed by atoms with E-state index >= 15 is 0 Å². The molecule has 1 rings (SSSR count). The standard InChI is InChI=1S/C12H25NO/c1-13-12-9-5-3-4-7-11(12)8-6-10-14-2/h11-13H,3-10H2,1-2H3. The van der Waals surface area contributed by atoms with E-state index in [0.717, 1.165) is 18.6 Å². The van der Waals surface area contributed by atoms with E-state index in [-0.39, 0.29) is 0 Å². The third kappa shape index (κ3) is 3.97. The van der Waals surface area contributed by atoms with Crippen LogP contribution in [0.4, 0.5) is 0 Å². The van der Waals surface area contributed by atoms with Gasteiger partial charge >= 0.3 is 0 Å². The predicted molar refractivity (Wildman–Crippen MR) is 60.5 cm³/mol. The van der Waals surface area contributed by atoms with Gasteiger partial charge in [-0.2, -0.15) is 0 Å². The van der Waals surface area contributed by atoms with Crippen molar-refractivity contribution in [1.29, 1.82) is 0 Å². The molecule has 2 unspecified atom stereocenters. The van der Waals surface area contributed by atoms with Gasteiger partial charge in [0.25, 0.3) is 0 Å². The predicted octanol–water partition coefficient (Wildman–Crippen LogP) is 2.58. The first-order valence-electron chi connectivity index (χ1n) is 6.04. The lowest BCUT2D eigenvalue weighted by Crippen LogP contribution is -2.32. The molecule has 84 valence electrons. The molecule has 2 nitrogen and oxygen atoms in total. The van der Waals surface area contributed by atoms with Gasteiger partial charge in [0.05, 0.1) is 0 Å². The summed E-state index contributed by atoms with van der Waals surface area (Å²) in [7, 11) is 3.90. The van der Waals surface area contributed by atoms with Crippen LogP contribution in [0.25, 0.3) is 0 Å². The van der Waals surface area contributed by atoms with E-state index in [2.05, 4.69) is 12.4 Å². The number of methoxy groups -OCH3 is 1. The lowest BCUT2D eigenvalue weighted by molar-refractivity contribution is 0.181. The van der Waals surface area contributed by atoms with Crippen LogP contribution < -0.4 is 5.32 Å². The summed E-state index contributed by atoms with van der Waals surface area (Å²) < 4.78 is 5.11. The number of ether oxygens (including phenoxy) is 1. The zero-order valence-electron chi connectivity index (χ0n) is 9.72. The number of hydrogen-bond acceptors (Lipinski definition) is 2. The molecule has 1 aliphatic rings. The quantitative estimate of drug-likeness (QED) is 0.543. The minimum Gasteiger partial charge on any atom is -0.385 e. The maximum absolute atomic E-state index is 5.11. The van der Waals surface area contributed by atoms with E-state index in [9.17, 15) is 0 Å². The van der Waals surface area contributed by atoms with Crippen LogP contribution in [0.5, 0.6) is 0 Å². The highest BCUT2D eigenvalue weighted by molar-refractivity contribution is 4.78. The van der Waals surface area contributed by atoms with Gasteiger partial charge in [0.15, 0.2) is 0 Å². The molecule has 0 aromatic heterocycles. The summed E-state index contributed by atoms with van der Waals surface area (Å²) in [6, 6.07) is 0.759. The molecule has 1 N–H and O–H groups in total. The second-order valence-corrected chi connectivity index (χ2v) is 4.43. The molecule has 0 heterocycles. The second-order valence-electron chi connectivity index (χ2n) is 4.43. The number of nitrogens with one attached hydrogen (secondary N) is 1. The Kier molecular flexibility index (Phi) is 6.20. The average molecular weight is 199 g/mol. The lowest BCUT2D eigenvalue weighted by atomic mass is 9.90. The van der Waals surface area contributed by atoms with E-state index < -0.39 is 0 Å². The summed E-state index contributed by atoms with van der Waals surface area (Å²) >= 11 is 0. The van der Waals surface area contributed by atoms with Crippen molar-refractivity contribution < 1.29 is 4.74 Å². The molecule has 0 aliphatic heterocycles. The number of hydrogen-bond donors (Lipinski definition) is 1. The Labute approximate surface area is 88.4 Å². The van der Waals surface area contributed by atoms with E-state index in [1.54, 1.807) is 7.11 Å². The van der Waals surface area contributed by atoms with Crippen molar-refractivity contribution in [3.8, 4) is 0 Å². The van der Waals surface area contributed by atoms with Crippen molar-refractivity contribution >= 4 is 0 Å². The van der Waals surface area contributed by atoms with Crippen molar-refractivity contribution in [3.63, 3.8) is 0 Å². The molecule has 2 heteroatoms. The molecule has 0 spiro atoms. The van der Waals surface area contributed by atoms with Gasteiger partial charge in [-0.15, -0.1) is 0 Å². The van der Waals surface area contributed by atoms with Gasteiger partial charge in [-0.05, 0) is 38.6 Å². The highest BCUT2D eigenvalue weighted by atomic mass is 16.5. The summed E-state index contributed by atoms with van der Waals surface area (Å²) in [6.45, 7) is 0.924. The van der Waals surface area contributed by atoms with Crippen molar-refractivity contribution in [2.75, 3.05) is 20.8 Å². The zero-order chi connectivity index (χ0) is 10.2. The van der Waals surface area contributed by atoms with Gasteiger partial charge in [-0.3, -0.25) is 0 Å². The molecule has 0 aromatic carbocycles. The Morgan fingerprint density at radius 1 is 1.21 bits per heavy atom. The van der Waals surface area contributed by atoms with E-state index in [1.165, 1.54) is 44.9 Å². The summed E-state index contributed by atoms with van der Waals surface area (Å²) in [5.41, 5.74) is 0. The van der Waals surface area contributed by atoms with Crippen molar-refractivity contribution in [3.05, 3.63) is 0 Å². The minimum absolute atomic E-state index is 0.759. The fraction of sp³-hybridized carbons (Fsp3) is 1.00. The molecule has 0 aromatic rings. The van der Waals surface area contributed by atoms with Crippen LogP contribution in [0.2, 0.25) is 0 Å². The summed E-state index contributed by atoms with van der Waals surface area (Å²) in [4.78, 5) is 0. The monoisotopic (exact) mass is 199 g/mol. The van der Waals surface area contributed by atoms with Gasteiger partial charge in [-0.1, -0.05) is 19.3 Å². The average Bonchev–Trinajstić information content (AvgIpc) is 2.43. The van der Waals surface area contributed by atoms with Crippen LogP contribution in [-0.4, -0.2) is 26.8 Å². The third-order valence-corrected chi connectivity index (χ3v) is 3.45. The SMILES string of the molecule is CNC1CCCCCC1CCCOC. The first kappa shape index (κ1) is 12.0. The first-order chi connectivity index (χ1) is 6.88. The molecule has 1 saturated carbocycles. The Morgan fingerprint density at radius 2 is 2.00 bits per heavy atom. The van der Waals surface area contributed by atoms with Crippen LogP contribution in [-0.2, 0) is 4.74 Å². The molecule has 0 amide bonds. The van der Waals surface area contributed by atoms with Crippen LogP contribution in [0.15, 0.2) is 0 Å². The molecule has 0 saturated heterocycles. The Bertz CT molecular complexity index is 138. The molecule has 1 aliphatic carbocycles. The fourth-order valence-corrected chi connectivity index (χ4v) is 2.60. The van der Waals surface area contributed by atoms with Crippen LogP contribution in [0.3, 0.4) is 0 Å². The Hall–Kier alpha value is -0.0800. The topological polar surface area (TPSA) is 21.3 Å². The second kappa shape index (κ2) is 7.24. The summed E-state index contributed by atoms with van der Waals surface area (Å²) in [5.74, 6) is 0.887. The Morgan fingerprint density at radius 3 is 2.71 bits per heavy atom. The zero-order valence-corrected chi connectivity index (χ0v) is 9.72. The van der Waals surface area contributed by atoms with E-state index in [0.29, 0.717) is 0 Å². The minimum atomic E-state index is 0.759.